The van der Waals surface area contributed by atoms with Gasteiger partial charge in [-0.1, -0.05) is 30.3 Å². The lowest BCUT2D eigenvalue weighted by atomic mass is 9.99. The summed E-state index contributed by atoms with van der Waals surface area (Å²) in [4.78, 5) is 59.0. The molecule has 2 saturated heterocycles. The number of nitrogen functional groups attached to an aromatic ring is 1. The molecular formula is C45H43F3N10O7S. The van der Waals surface area contributed by atoms with Gasteiger partial charge in [-0.25, -0.2) is 17.8 Å². The normalized spacial score (nSPS) is 17.7. The van der Waals surface area contributed by atoms with Gasteiger partial charge in [0.25, 0.3) is 21.8 Å². The Balaban J connectivity index is 0.909. The van der Waals surface area contributed by atoms with Gasteiger partial charge in [0, 0.05) is 62.2 Å². The predicted molar refractivity (Wildman–Crippen MR) is 235 cm³/mol. The summed E-state index contributed by atoms with van der Waals surface area (Å²) >= 11 is 0. The van der Waals surface area contributed by atoms with Crippen molar-refractivity contribution >= 4 is 56.1 Å². The molecule has 342 valence electrons. The molecule has 3 aromatic heterocycles. The van der Waals surface area contributed by atoms with E-state index in [2.05, 4.69) is 15.2 Å². The van der Waals surface area contributed by atoms with Gasteiger partial charge >= 0.3 is 5.76 Å². The molecule has 9 rings (SSSR count). The number of hydrogen-bond donors (Lipinski definition) is 3. The zero-order valence-corrected chi connectivity index (χ0v) is 36.4. The Hall–Kier alpha value is -7.13. The fourth-order valence-electron chi connectivity index (χ4n) is 8.95. The van der Waals surface area contributed by atoms with Crippen LogP contribution in [0.4, 0.5) is 24.7 Å². The first kappa shape index (κ1) is 44.1. The Morgan fingerprint density at radius 3 is 2.44 bits per heavy atom. The maximum atomic E-state index is 13.7. The van der Waals surface area contributed by atoms with Crippen molar-refractivity contribution in [3.8, 4) is 28.1 Å². The molecule has 21 heteroatoms. The second-order valence-electron chi connectivity index (χ2n) is 16.5. The highest BCUT2D eigenvalue weighted by molar-refractivity contribution is 7.93. The Kier molecular flexibility index (Phi) is 11.6. The number of fused-ring (bicyclic) bond motifs is 2. The fourth-order valence-corrected chi connectivity index (χ4v) is 9.51. The number of aryl methyl sites for hydroxylation is 1. The predicted octanol–water partition coefficient (Wildman–Crippen LogP) is 5.61. The van der Waals surface area contributed by atoms with Crippen LogP contribution >= 0.6 is 0 Å². The van der Waals surface area contributed by atoms with Gasteiger partial charge in [0.15, 0.2) is 0 Å². The van der Waals surface area contributed by atoms with Crippen LogP contribution in [0.25, 0.3) is 33.3 Å². The van der Waals surface area contributed by atoms with E-state index in [4.69, 9.17) is 20.7 Å². The second-order valence-corrected chi connectivity index (χ2v) is 18.2. The Bertz CT molecular complexity index is 3040. The van der Waals surface area contributed by atoms with Gasteiger partial charge in [0.05, 0.1) is 40.0 Å². The van der Waals surface area contributed by atoms with Crippen LogP contribution in [0.3, 0.4) is 0 Å². The van der Waals surface area contributed by atoms with Crippen molar-refractivity contribution in [2.45, 2.75) is 63.0 Å². The number of pyridine rings is 1. The molecule has 3 aliphatic rings. The summed E-state index contributed by atoms with van der Waals surface area (Å²) < 4.78 is 76.7. The van der Waals surface area contributed by atoms with E-state index in [0.717, 1.165) is 42.0 Å². The number of hydrogen-bond acceptors (Lipinski definition) is 12. The average Bonchev–Trinajstić information content (AvgIpc) is 3.99. The highest BCUT2D eigenvalue weighted by Gasteiger charge is 2.45. The highest BCUT2D eigenvalue weighted by Crippen LogP contribution is 2.41. The molecule has 2 atom stereocenters. The summed E-state index contributed by atoms with van der Waals surface area (Å²) in [5.74, 6) is -6.24. The van der Waals surface area contributed by atoms with E-state index < -0.39 is 57.4 Å². The van der Waals surface area contributed by atoms with E-state index in [1.54, 1.807) is 43.2 Å². The van der Waals surface area contributed by atoms with Crippen molar-refractivity contribution in [2.24, 2.45) is 7.05 Å². The molecular weight excluding hydrogens is 882 g/mol. The SMILES string of the molecule is C[C@H](Oc1cc(-c2nn(C)c3c(-c4cnn(C5CCN(CCc6cccc7c6C(=O)N(C6CCC(=O)NC6=O)C7=O)CC5)c4)cnc(N)c23)ccc1NS(=O)(=O)C(F)F)c1ccc(F)cc1. The van der Waals surface area contributed by atoms with Crippen LogP contribution in [0.1, 0.15) is 76.6 Å². The number of ether oxygens (including phenoxy) is 1. The minimum absolute atomic E-state index is 0.0470. The quantitative estimate of drug-likeness (QED) is 0.121. The number of imide groups is 2. The number of carbonyl (C=O) groups is 4. The van der Waals surface area contributed by atoms with Crippen LogP contribution in [-0.4, -0.2) is 97.8 Å². The zero-order valence-electron chi connectivity index (χ0n) is 35.6. The highest BCUT2D eigenvalue weighted by atomic mass is 32.2. The minimum Gasteiger partial charge on any atom is -0.484 e. The van der Waals surface area contributed by atoms with Gasteiger partial charge in [0.1, 0.15) is 35.2 Å². The maximum absolute atomic E-state index is 13.7. The Labute approximate surface area is 375 Å². The van der Waals surface area contributed by atoms with Crippen molar-refractivity contribution < 1.29 is 45.5 Å². The molecule has 3 aliphatic heterocycles. The molecule has 3 aromatic carbocycles. The Morgan fingerprint density at radius 1 is 0.955 bits per heavy atom. The van der Waals surface area contributed by atoms with Crippen molar-refractivity contribution in [1.29, 1.82) is 0 Å². The monoisotopic (exact) mass is 924 g/mol. The van der Waals surface area contributed by atoms with E-state index in [1.807, 2.05) is 21.7 Å². The van der Waals surface area contributed by atoms with Crippen molar-refractivity contribution in [1.82, 2.24) is 39.7 Å². The lowest BCUT2D eigenvalue weighted by Crippen LogP contribution is -2.54. The molecule has 1 unspecified atom stereocenters. The summed E-state index contributed by atoms with van der Waals surface area (Å²) in [7, 11) is -3.34. The molecule has 0 spiro atoms. The van der Waals surface area contributed by atoms with E-state index in [0.29, 0.717) is 51.8 Å². The number of nitrogens with two attached hydrogens (primary N) is 1. The van der Waals surface area contributed by atoms with Gasteiger partial charge < -0.3 is 15.4 Å². The first-order valence-corrected chi connectivity index (χ1v) is 22.7. The first-order valence-electron chi connectivity index (χ1n) is 21.2. The molecule has 6 aromatic rings. The van der Waals surface area contributed by atoms with Gasteiger partial charge in [-0.15, -0.1) is 0 Å². The van der Waals surface area contributed by atoms with Crippen LogP contribution in [0.15, 0.2) is 79.3 Å². The van der Waals surface area contributed by atoms with E-state index in [9.17, 15) is 40.8 Å². The number of nitrogens with zero attached hydrogens (tertiary/aromatic N) is 7. The van der Waals surface area contributed by atoms with Crippen LogP contribution < -0.4 is 20.5 Å². The van der Waals surface area contributed by atoms with Crippen LogP contribution in [0.2, 0.25) is 0 Å². The minimum atomic E-state index is -5.08. The summed E-state index contributed by atoms with van der Waals surface area (Å²) in [6.45, 7) is 3.78. The number of benzene rings is 3. The molecule has 66 heavy (non-hydrogen) atoms. The number of piperidine rings is 2. The average molecular weight is 925 g/mol. The third-order valence-electron chi connectivity index (χ3n) is 12.4. The first-order chi connectivity index (χ1) is 31.6. The van der Waals surface area contributed by atoms with Gasteiger partial charge in [-0.2, -0.15) is 19.0 Å². The van der Waals surface area contributed by atoms with Crippen molar-refractivity contribution in [2.75, 3.05) is 30.1 Å². The van der Waals surface area contributed by atoms with Crippen LogP contribution in [0, 0.1) is 5.82 Å². The standard InChI is InChI=1S/C45H43F3N10O7S/c1-24(25-6-9-29(46)10-7-25)65-35-20-27(8-11-33(35)54-66(63,64)45(47)48)39-38-40(55(2)53-39)32(22-50-41(38)49)28-21-51-57(23-28)30-15-18-56(19-16-30)17-14-26-4-3-5-31-37(26)44(62)58(43(31)61)34-12-13-36(59)52-42(34)60/h3-11,20-24,30,34,45,54H,12-19H2,1-2H3,(H2,49,50)(H,52,59,60)/t24-,34?/m0/s1. The van der Waals surface area contributed by atoms with Gasteiger partial charge in [-0.05, 0) is 74.1 Å². The summed E-state index contributed by atoms with van der Waals surface area (Å²) in [5.41, 5.74) is 10.9. The molecule has 0 saturated carbocycles. The van der Waals surface area contributed by atoms with Crippen LogP contribution in [-0.2, 0) is 33.1 Å². The largest absolute Gasteiger partial charge is 0.484 e. The number of sulfonamides is 1. The van der Waals surface area contributed by atoms with E-state index >= 15 is 0 Å². The molecule has 2 fully saturated rings. The zero-order chi connectivity index (χ0) is 46.6. The molecule has 6 heterocycles. The number of carbonyl (C=O) groups excluding carboxylic acids is 4. The smallest absolute Gasteiger partial charge is 0.355 e. The third-order valence-corrected chi connectivity index (χ3v) is 13.3. The van der Waals surface area contributed by atoms with Gasteiger partial charge in [-0.3, -0.25) is 43.5 Å². The number of alkyl halides is 2. The number of likely N-dealkylation sites (tertiary alicyclic amines) is 1. The van der Waals surface area contributed by atoms with Crippen LogP contribution in [0.5, 0.6) is 5.75 Å². The summed E-state index contributed by atoms with van der Waals surface area (Å²) in [5, 5.41) is 12.2. The number of aromatic nitrogens is 5. The number of nitrogens with one attached hydrogen (secondary N) is 2. The Morgan fingerprint density at radius 2 is 1.71 bits per heavy atom. The fraction of sp³-hybridized carbons (Fsp3) is 0.311. The number of amides is 4. The topological polar surface area (TPSA) is 217 Å². The molecule has 0 radical (unpaired) electrons. The lowest BCUT2D eigenvalue weighted by molar-refractivity contribution is -0.136. The molecule has 0 aliphatic carbocycles. The number of rotatable bonds is 13. The number of anilines is 2. The summed E-state index contributed by atoms with van der Waals surface area (Å²) in [6, 6.07) is 13.9. The number of halogens is 3. The van der Waals surface area contributed by atoms with Gasteiger partial charge in [0.2, 0.25) is 11.8 Å². The van der Waals surface area contributed by atoms with E-state index in [1.165, 1.54) is 42.5 Å². The van der Waals surface area contributed by atoms with Crippen molar-refractivity contribution in [3.05, 3.63) is 107 Å². The summed E-state index contributed by atoms with van der Waals surface area (Å²) in [6.07, 6.45) is 6.78. The molecule has 4 amide bonds. The second kappa shape index (κ2) is 17.3. The molecule has 17 nitrogen and oxygen atoms in total. The molecule has 4 N–H and O–H groups in total. The molecule has 0 bridgehead atoms. The van der Waals surface area contributed by atoms with Crippen molar-refractivity contribution in [3.63, 3.8) is 0 Å². The van der Waals surface area contributed by atoms with E-state index in [-0.39, 0.29) is 41.7 Å². The lowest BCUT2D eigenvalue weighted by Gasteiger charge is -2.32. The maximum Gasteiger partial charge on any atom is 0.355 e. The third kappa shape index (κ3) is 8.23.